The molecule has 0 saturated carbocycles. The number of hydrogen-bond acceptors (Lipinski definition) is 3. The van der Waals surface area contributed by atoms with Crippen molar-refractivity contribution in [3.05, 3.63) is 6.20 Å². The molecule has 48 valence electrons. The lowest BCUT2D eigenvalue weighted by Gasteiger charge is -2.10. The second-order valence-electron chi connectivity index (χ2n) is 1.81. The first kappa shape index (κ1) is 6.49. The van der Waals surface area contributed by atoms with Gasteiger partial charge in [-0.3, -0.25) is 0 Å². The average molecular weight is 126 g/mol. The van der Waals surface area contributed by atoms with Crippen LogP contribution < -0.4 is 4.90 Å². The van der Waals surface area contributed by atoms with E-state index in [2.05, 4.69) is 6.20 Å². The van der Waals surface area contributed by atoms with Crippen LogP contribution in [0.2, 0.25) is 0 Å². The van der Waals surface area contributed by atoms with E-state index >= 15 is 0 Å². The van der Waals surface area contributed by atoms with E-state index in [0.29, 0.717) is 13.2 Å². The summed E-state index contributed by atoms with van der Waals surface area (Å²) in [4.78, 5) is 11.5. The van der Waals surface area contributed by atoms with E-state index in [4.69, 9.17) is 4.74 Å². The lowest BCUT2D eigenvalue weighted by molar-refractivity contribution is 0.0868. The van der Waals surface area contributed by atoms with Crippen molar-refractivity contribution in [2.24, 2.45) is 0 Å². The van der Waals surface area contributed by atoms with Gasteiger partial charge in [-0.15, -0.1) is 4.90 Å². The maximum absolute atomic E-state index is 9.75. The van der Waals surface area contributed by atoms with E-state index in [1.807, 2.05) is 0 Å². The van der Waals surface area contributed by atoms with Crippen molar-refractivity contribution in [2.45, 2.75) is 0 Å². The Morgan fingerprint density at radius 2 is 2.00 bits per heavy atom. The third kappa shape index (κ3) is 1.98. The van der Waals surface area contributed by atoms with Gasteiger partial charge in [-0.05, 0) is 0 Å². The van der Waals surface area contributed by atoms with Gasteiger partial charge in [0, 0.05) is 0 Å². The highest BCUT2D eigenvalue weighted by atomic mass is 16.5. The number of ether oxygens (including phenoxy) is 1. The molecule has 1 heterocycles. The van der Waals surface area contributed by atoms with Crippen molar-refractivity contribution >= 4 is 5.94 Å². The van der Waals surface area contributed by atoms with Crippen molar-refractivity contribution < 1.29 is 9.53 Å². The van der Waals surface area contributed by atoms with E-state index in [1.54, 1.807) is 10.8 Å². The molecule has 1 fully saturated rings. The molecule has 1 rings (SSSR count). The maximum Gasteiger partial charge on any atom is 0.343 e. The van der Waals surface area contributed by atoms with Gasteiger partial charge in [0.1, 0.15) is 13.2 Å². The number of carbonyl (C=O) groups excluding carboxylic acids is 1. The normalized spacial score (nSPS) is 20.9. The zero-order valence-corrected chi connectivity index (χ0v) is 5.09. The fraction of sp³-hybridized carbons (Fsp3) is 0.667. The van der Waals surface area contributed by atoms with Crippen LogP contribution in [0.3, 0.4) is 0 Å². The van der Waals surface area contributed by atoms with Gasteiger partial charge in [0.05, 0.1) is 0 Å². The highest BCUT2D eigenvalue weighted by molar-refractivity contribution is 5.40. The van der Waals surface area contributed by atoms with E-state index in [-0.39, 0.29) is 0 Å². The summed E-state index contributed by atoms with van der Waals surface area (Å²) in [5, 5.41) is 0. The highest BCUT2D eigenvalue weighted by Gasteiger charge is 2.17. The van der Waals surface area contributed by atoms with Crippen molar-refractivity contribution in [3.8, 4) is 0 Å². The molecule has 0 aliphatic carbocycles. The summed E-state index contributed by atoms with van der Waals surface area (Å²) in [6.45, 7) is 2.90. The van der Waals surface area contributed by atoms with Crippen molar-refractivity contribution in [1.82, 2.24) is 4.90 Å². The summed E-state index contributed by atoms with van der Waals surface area (Å²) >= 11 is 0. The zero-order valence-electron chi connectivity index (χ0n) is 5.09. The molecule has 0 atom stereocenters. The summed E-state index contributed by atoms with van der Waals surface area (Å²) in [7, 11) is 0. The van der Waals surface area contributed by atoms with E-state index in [0.717, 1.165) is 13.1 Å². The second kappa shape index (κ2) is 3.41. The molecule has 0 aromatic carbocycles. The van der Waals surface area contributed by atoms with Crippen LogP contribution in [0.25, 0.3) is 0 Å². The van der Waals surface area contributed by atoms with Crippen molar-refractivity contribution in [2.75, 3.05) is 26.3 Å². The Balaban J connectivity index is 2.31. The minimum atomic E-state index is 0.689. The molecular weight excluding hydrogens is 118 g/mol. The molecule has 1 saturated heterocycles. The Morgan fingerprint density at radius 1 is 1.33 bits per heavy atom. The molecule has 0 amide bonds. The van der Waals surface area contributed by atoms with Crippen LogP contribution in [-0.2, 0) is 9.53 Å². The van der Waals surface area contributed by atoms with Gasteiger partial charge in [0.15, 0.2) is 13.1 Å². The number of morpholine rings is 1. The molecule has 0 aromatic rings. The maximum atomic E-state index is 9.75. The fourth-order valence-electron chi connectivity index (χ4n) is 0.740. The first-order valence-electron chi connectivity index (χ1n) is 2.89. The molecule has 1 aliphatic rings. The van der Waals surface area contributed by atoms with Crippen molar-refractivity contribution in [3.63, 3.8) is 0 Å². The van der Waals surface area contributed by atoms with E-state index in [1.165, 1.54) is 0 Å². The highest BCUT2D eigenvalue weighted by Crippen LogP contribution is 1.89. The lowest BCUT2D eigenvalue weighted by atomic mass is 10.4. The third-order valence-electron chi connectivity index (χ3n) is 1.21. The molecule has 0 spiro atoms. The second-order valence-corrected chi connectivity index (χ2v) is 1.81. The minimum absolute atomic E-state index is 0.689. The van der Waals surface area contributed by atoms with Gasteiger partial charge < -0.3 is 4.74 Å². The molecule has 1 aliphatic heterocycles. The lowest BCUT2D eigenvalue weighted by Crippen LogP contribution is -2.37. The standard InChI is InChI=1S/C6H8NO2/c8-4-1-7-2-5-9-6-3-7/h2-3,5-6H2/q+1. The van der Waals surface area contributed by atoms with Gasteiger partial charge in [-0.2, -0.15) is 0 Å². The van der Waals surface area contributed by atoms with Gasteiger partial charge in [-0.1, -0.05) is 0 Å². The van der Waals surface area contributed by atoms with E-state index in [9.17, 15) is 4.79 Å². The predicted octanol–water partition coefficient (Wildman–Crippen LogP) is -0.695. The quantitative estimate of drug-likeness (QED) is 0.344. The van der Waals surface area contributed by atoms with Crippen LogP contribution in [0.1, 0.15) is 0 Å². The molecule has 2 radical (unpaired) electrons. The smallest absolute Gasteiger partial charge is 0.343 e. The average Bonchev–Trinajstić information content (AvgIpc) is 1.91. The first-order chi connectivity index (χ1) is 4.43. The Morgan fingerprint density at radius 3 is 2.56 bits per heavy atom. The van der Waals surface area contributed by atoms with Gasteiger partial charge in [0.2, 0.25) is 5.94 Å². The van der Waals surface area contributed by atoms with Crippen LogP contribution in [0.15, 0.2) is 0 Å². The zero-order chi connectivity index (χ0) is 6.53. The molecule has 3 heteroatoms. The van der Waals surface area contributed by atoms with Crippen LogP contribution in [0.5, 0.6) is 0 Å². The SMILES string of the molecule is O=C=[C][N+]1CCOCC1. The fourth-order valence-corrected chi connectivity index (χ4v) is 0.740. The van der Waals surface area contributed by atoms with Crippen molar-refractivity contribution in [1.29, 1.82) is 0 Å². The summed E-state index contributed by atoms with van der Waals surface area (Å²) in [5.74, 6) is 1.61. The van der Waals surface area contributed by atoms with Crippen LogP contribution in [-0.4, -0.2) is 32.2 Å². The molecule has 0 unspecified atom stereocenters. The Kier molecular flexibility index (Phi) is 2.46. The van der Waals surface area contributed by atoms with Crippen LogP contribution >= 0.6 is 0 Å². The summed E-state index contributed by atoms with van der Waals surface area (Å²) in [6.07, 6.45) is 2.43. The molecule has 0 aromatic heterocycles. The summed E-state index contributed by atoms with van der Waals surface area (Å²) in [6, 6.07) is 0. The number of nitrogens with zero attached hydrogens (tertiary/aromatic N) is 1. The van der Waals surface area contributed by atoms with E-state index < -0.39 is 0 Å². The summed E-state index contributed by atoms with van der Waals surface area (Å²) < 4.78 is 5.03. The van der Waals surface area contributed by atoms with Crippen LogP contribution in [0, 0.1) is 6.20 Å². The Bertz CT molecular complexity index is 123. The number of rotatable bonds is 1. The Hall–Kier alpha value is -0.630. The topological polar surface area (TPSA) is 32.2 Å². The molecule has 0 bridgehead atoms. The molecular formula is C6H8NO2+. The minimum Gasteiger partial charge on any atom is -0.369 e. The molecule has 9 heavy (non-hydrogen) atoms. The summed E-state index contributed by atoms with van der Waals surface area (Å²) in [5.41, 5.74) is 0. The predicted molar refractivity (Wildman–Crippen MR) is 31.6 cm³/mol. The Labute approximate surface area is 53.9 Å². The van der Waals surface area contributed by atoms with Gasteiger partial charge in [0.25, 0.3) is 0 Å². The third-order valence-corrected chi connectivity index (χ3v) is 1.21. The molecule has 3 nitrogen and oxygen atoms in total. The van der Waals surface area contributed by atoms with Crippen LogP contribution in [0.4, 0.5) is 0 Å². The number of hydrogen-bond donors (Lipinski definition) is 0. The van der Waals surface area contributed by atoms with Gasteiger partial charge in [-0.25, -0.2) is 4.79 Å². The largest absolute Gasteiger partial charge is 0.369 e. The monoisotopic (exact) mass is 126 g/mol. The van der Waals surface area contributed by atoms with Gasteiger partial charge >= 0.3 is 6.20 Å². The molecule has 0 N–H and O–H groups in total. The first-order valence-corrected chi connectivity index (χ1v) is 2.89.